The van der Waals surface area contributed by atoms with E-state index in [-0.39, 0.29) is 24.2 Å². The van der Waals surface area contributed by atoms with Crippen molar-refractivity contribution in [3.63, 3.8) is 0 Å². The van der Waals surface area contributed by atoms with Gasteiger partial charge in [-0.25, -0.2) is 0 Å². The summed E-state index contributed by atoms with van der Waals surface area (Å²) >= 11 is 1.41. The standard InChI is InChI=1S/C16H19NO4S/c1-3-20-15(18)10-17-9-14(22-11-16(19)21-4-2)12-7-5-6-8-13(12)17/h5-9H,3-4,10-11H2,1-2H3. The monoisotopic (exact) mass is 321 g/mol. The van der Waals surface area contributed by atoms with Crippen LogP contribution in [0.4, 0.5) is 0 Å². The Bertz CT molecular complexity index is 665. The quantitative estimate of drug-likeness (QED) is 0.580. The smallest absolute Gasteiger partial charge is 0.325 e. The van der Waals surface area contributed by atoms with E-state index in [2.05, 4.69) is 0 Å². The van der Waals surface area contributed by atoms with Gasteiger partial charge in [0.15, 0.2) is 0 Å². The highest BCUT2D eigenvalue weighted by Gasteiger charge is 2.13. The molecular weight excluding hydrogens is 302 g/mol. The Morgan fingerprint density at radius 1 is 1.09 bits per heavy atom. The highest BCUT2D eigenvalue weighted by molar-refractivity contribution is 8.00. The van der Waals surface area contributed by atoms with E-state index >= 15 is 0 Å². The molecule has 118 valence electrons. The maximum atomic E-state index is 11.7. The summed E-state index contributed by atoms with van der Waals surface area (Å²) in [6.07, 6.45) is 1.88. The maximum absolute atomic E-state index is 11.7. The van der Waals surface area contributed by atoms with Crippen LogP contribution in [0.1, 0.15) is 13.8 Å². The van der Waals surface area contributed by atoms with Crippen molar-refractivity contribution in [1.29, 1.82) is 0 Å². The second-order valence-electron chi connectivity index (χ2n) is 4.54. The molecular formula is C16H19NO4S. The first-order valence-corrected chi connectivity index (χ1v) is 8.16. The number of hydrogen-bond acceptors (Lipinski definition) is 5. The third kappa shape index (κ3) is 4.04. The molecule has 5 nitrogen and oxygen atoms in total. The summed E-state index contributed by atoms with van der Waals surface area (Å²) in [6.45, 7) is 4.47. The van der Waals surface area contributed by atoms with Gasteiger partial charge in [0, 0.05) is 22.0 Å². The van der Waals surface area contributed by atoms with E-state index in [1.165, 1.54) is 11.8 Å². The molecule has 2 aromatic rings. The molecule has 2 rings (SSSR count). The van der Waals surface area contributed by atoms with Gasteiger partial charge in [-0.2, -0.15) is 0 Å². The van der Waals surface area contributed by atoms with Crippen LogP contribution in [0.2, 0.25) is 0 Å². The SMILES string of the molecule is CCOC(=O)CSc1cn(CC(=O)OCC)c2ccccc12. The number of para-hydroxylation sites is 1. The fraction of sp³-hybridized carbons (Fsp3) is 0.375. The lowest BCUT2D eigenvalue weighted by molar-refractivity contribution is -0.143. The van der Waals surface area contributed by atoms with E-state index < -0.39 is 0 Å². The van der Waals surface area contributed by atoms with Gasteiger partial charge in [0.25, 0.3) is 0 Å². The van der Waals surface area contributed by atoms with E-state index in [1.54, 1.807) is 13.8 Å². The highest BCUT2D eigenvalue weighted by Crippen LogP contribution is 2.30. The second-order valence-corrected chi connectivity index (χ2v) is 5.55. The molecule has 0 aliphatic carbocycles. The Balaban J connectivity index is 2.20. The van der Waals surface area contributed by atoms with Crippen LogP contribution in [0.15, 0.2) is 35.4 Å². The topological polar surface area (TPSA) is 57.5 Å². The van der Waals surface area contributed by atoms with Crippen LogP contribution in [0.25, 0.3) is 10.9 Å². The molecule has 22 heavy (non-hydrogen) atoms. The Morgan fingerprint density at radius 3 is 2.50 bits per heavy atom. The molecule has 0 aliphatic heterocycles. The lowest BCUT2D eigenvalue weighted by atomic mass is 10.2. The molecule has 1 aromatic carbocycles. The minimum Gasteiger partial charge on any atom is -0.465 e. The molecule has 0 unspecified atom stereocenters. The fourth-order valence-electron chi connectivity index (χ4n) is 2.14. The molecule has 0 spiro atoms. The van der Waals surface area contributed by atoms with Crippen molar-refractivity contribution in [2.75, 3.05) is 19.0 Å². The molecule has 0 amide bonds. The van der Waals surface area contributed by atoms with Crippen LogP contribution in [0, 0.1) is 0 Å². The molecule has 0 aliphatic rings. The van der Waals surface area contributed by atoms with Gasteiger partial charge in [0.2, 0.25) is 0 Å². The fourth-order valence-corrected chi connectivity index (χ4v) is 3.03. The van der Waals surface area contributed by atoms with Crippen molar-refractivity contribution in [2.24, 2.45) is 0 Å². The van der Waals surface area contributed by atoms with Crippen LogP contribution in [0.5, 0.6) is 0 Å². The molecule has 0 radical (unpaired) electrons. The van der Waals surface area contributed by atoms with Crippen molar-refractivity contribution >= 4 is 34.6 Å². The van der Waals surface area contributed by atoms with Crippen LogP contribution in [-0.4, -0.2) is 35.5 Å². The maximum Gasteiger partial charge on any atom is 0.325 e. The third-order valence-corrected chi connectivity index (χ3v) is 4.02. The van der Waals surface area contributed by atoms with Crippen LogP contribution in [-0.2, 0) is 25.6 Å². The molecule has 0 bridgehead atoms. The summed E-state index contributed by atoms with van der Waals surface area (Å²) in [5.41, 5.74) is 0.946. The van der Waals surface area contributed by atoms with Crippen molar-refractivity contribution in [3.8, 4) is 0 Å². The second kappa shape index (κ2) is 7.89. The molecule has 0 atom stereocenters. The van der Waals surface area contributed by atoms with E-state index in [9.17, 15) is 9.59 Å². The van der Waals surface area contributed by atoms with Gasteiger partial charge in [-0.3, -0.25) is 9.59 Å². The normalized spacial score (nSPS) is 10.6. The summed E-state index contributed by atoms with van der Waals surface area (Å²) in [4.78, 5) is 24.1. The van der Waals surface area contributed by atoms with Crippen molar-refractivity contribution in [2.45, 2.75) is 25.3 Å². The van der Waals surface area contributed by atoms with Gasteiger partial charge >= 0.3 is 11.9 Å². The molecule has 0 saturated heterocycles. The van der Waals surface area contributed by atoms with Crippen molar-refractivity contribution in [3.05, 3.63) is 30.5 Å². The number of carbonyl (C=O) groups is 2. The van der Waals surface area contributed by atoms with E-state index in [0.29, 0.717) is 13.2 Å². The molecule has 6 heteroatoms. The van der Waals surface area contributed by atoms with Gasteiger partial charge < -0.3 is 14.0 Å². The molecule has 0 fully saturated rings. The number of nitrogens with zero attached hydrogens (tertiary/aromatic N) is 1. The number of esters is 2. The zero-order valence-corrected chi connectivity index (χ0v) is 13.5. The number of thioether (sulfide) groups is 1. The zero-order chi connectivity index (χ0) is 15.9. The minimum atomic E-state index is -0.273. The van der Waals surface area contributed by atoms with Gasteiger partial charge in [0.1, 0.15) is 6.54 Å². The lowest BCUT2D eigenvalue weighted by Gasteiger charge is -2.04. The molecule has 0 saturated carbocycles. The number of ether oxygens (including phenoxy) is 2. The summed E-state index contributed by atoms with van der Waals surface area (Å²) in [5.74, 6) is -0.263. The minimum absolute atomic E-state index is 0.161. The van der Waals surface area contributed by atoms with Gasteiger partial charge in [-0.1, -0.05) is 18.2 Å². The van der Waals surface area contributed by atoms with Crippen LogP contribution < -0.4 is 0 Å². The first-order valence-electron chi connectivity index (χ1n) is 7.17. The number of aromatic nitrogens is 1. The summed E-state index contributed by atoms with van der Waals surface area (Å²) in [6, 6.07) is 7.78. The number of rotatable bonds is 7. The third-order valence-electron chi connectivity index (χ3n) is 3.01. The number of fused-ring (bicyclic) bond motifs is 1. The Labute approximate surface area is 133 Å². The predicted molar refractivity (Wildman–Crippen MR) is 85.9 cm³/mol. The lowest BCUT2D eigenvalue weighted by Crippen LogP contribution is -2.12. The Morgan fingerprint density at radius 2 is 1.77 bits per heavy atom. The summed E-state index contributed by atoms with van der Waals surface area (Å²) in [5, 5.41) is 1.01. The number of hydrogen-bond donors (Lipinski definition) is 0. The largest absolute Gasteiger partial charge is 0.465 e. The van der Waals surface area contributed by atoms with E-state index in [0.717, 1.165) is 15.8 Å². The molecule has 0 N–H and O–H groups in total. The van der Waals surface area contributed by atoms with E-state index in [4.69, 9.17) is 9.47 Å². The van der Waals surface area contributed by atoms with Gasteiger partial charge in [-0.15, -0.1) is 11.8 Å². The summed E-state index contributed by atoms with van der Waals surface area (Å²) < 4.78 is 11.8. The highest BCUT2D eigenvalue weighted by atomic mass is 32.2. The predicted octanol–water partition coefficient (Wildman–Crippen LogP) is 2.86. The number of carbonyl (C=O) groups excluding carboxylic acids is 2. The molecule has 1 aromatic heterocycles. The van der Waals surface area contributed by atoms with Crippen LogP contribution in [0.3, 0.4) is 0 Å². The van der Waals surface area contributed by atoms with Crippen LogP contribution >= 0.6 is 11.8 Å². The molecule has 1 heterocycles. The van der Waals surface area contributed by atoms with Gasteiger partial charge in [0.05, 0.1) is 19.0 Å². The average Bonchev–Trinajstić information content (AvgIpc) is 2.84. The first-order chi connectivity index (χ1) is 10.7. The number of benzene rings is 1. The van der Waals surface area contributed by atoms with E-state index in [1.807, 2.05) is 35.0 Å². The van der Waals surface area contributed by atoms with Gasteiger partial charge in [-0.05, 0) is 19.9 Å². The summed E-state index contributed by atoms with van der Waals surface area (Å²) in [7, 11) is 0. The first kappa shape index (κ1) is 16.4. The van der Waals surface area contributed by atoms with Crippen molar-refractivity contribution in [1.82, 2.24) is 4.57 Å². The zero-order valence-electron chi connectivity index (χ0n) is 12.7. The Hall–Kier alpha value is -1.95. The Kier molecular flexibility index (Phi) is 5.89. The van der Waals surface area contributed by atoms with Crippen molar-refractivity contribution < 1.29 is 19.1 Å². The average molecular weight is 321 g/mol.